The second kappa shape index (κ2) is 11.7. The number of nitrogens with zero attached hydrogens (tertiary/aromatic N) is 2. The number of rotatable bonds is 8. The van der Waals surface area contributed by atoms with E-state index in [1.807, 2.05) is 29.6 Å². The fourth-order valence-electron chi connectivity index (χ4n) is 4.96. The van der Waals surface area contributed by atoms with Crippen molar-refractivity contribution >= 4 is 28.2 Å². The van der Waals surface area contributed by atoms with Crippen LogP contribution < -0.4 is 4.74 Å². The molecule has 0 amide bonds. The summed E-state index contributed by atoms with van der Waals surface area (Å²) in [6.45, 7) is 4.33. The maximum absolute atomic E-state index is 11.6. The molecule has 7 heteroatoms. The molecule has 2 aromatic heterocycles. The Morgan fingerprint density at radius 3 is 2.91 bits per heavy atom. The van der Waals surface area contributed by atoms with Crippen LogP contribution in [0.3, 0.4) is 0 Å². The van der Waals surface area contributed by atoms with Crippen molar-refractivity contribution in [1.29, 1.82) is 0 Å². The average molecular weight is 493 g/mol. The third-order valence-corrected chi connectivity index (χ3v) is 7.86. The van der Waals surface area contributed by atoms with Gasteiger partial charge in [-0.3, -0.25) is 14.7 Å². The van der Waals surface area contributed by atoms with E-state index in [9.17, 15) is 15.0 Å². The summed E-state index contributed by atoms with van der Waals surface area (Å²) in [7, 11) is 1.62. The van der Waals surface area contributed by atoms with Crippen molar-refractivity contribution in [2.75, 3.05) is 26.7 Å². The molecule has 1 aliphatic heterocycles. The van der Waals surface area contributed by atoms with Crippen LogP contribution in [0, 0.1) is 30.6 Å². The summed E-state index contributed by atoms with van der Waals surface area (Å²) in [6, 6.07) is 9.60. The summed E-state index contributed by atoms with van der Waals surface area (Å²) in [5.74, 6) is 6.78. The van der Waals surface area contributed by atoms with E-state index in [1.165, 1.54) is 5.56 Å². The van der Waals surface area contributed by atoms with Gasteiger partial charge in [-0.15, -0.1) is 11.3 Å². The van der Waals surface area contributed by atoms with Crippen molar-refractivity contribution in [2.24, 2.45) is 11.8 Å². The minimum atomic E-state index is -0.769. The normalized spacial score (nSPS) is 19.2. The van der Waals surface area contributed by atoms with E-state index in [0.717, 1.165) is 53.0 Å². The molecule has 0 aliphatic carbocycles. The largest absolute Gasteiger partial charge is 0.497 e. The van der Waals surface area contributed by atoms with Crippen molar-refractivity contribution in [3.8, 4) is 17.6 Å². The van der Waals surface area contributed by atoms with Gasteiger partial charge in [-0.25, -0.2) is 0 Å². The summed E-state index contributed by atoms with van der Waals surface area (Å²) in [5.41, 5.74) is 2.85. The molecule has 0 radical (unpaired) electrons. The fraction of sp³-hybridized carbons (Fsp3) is 0.429. The Balaban J connectivity index is 1.39. The maximum Gasteiger partial charge on any atom is 0.303 e. The van der Waals surface area contributed by atoms with E-state index in [-0.39, 0.29) is 18.3 Å². The minimum Gasteiger partial charge on any atom is -0.497 e. The van der Waals surface area contributed by atoms with Crippen molar-refractivity contribution in [1.82, 2.24) is 9.88 Å². The molecule has 0 saturated carbocycles. The van der Waals surface area contributed by atoms with Gasteiger partial charge in [-0.2, -0.15) is 0 Å². The first-order chi connectivity index (χ1) is 16.9. The first-order valence-corrected chi connectivity index (χ1v) is 12.9. The predicted octanol–water partition coefficient (Wildman–Crippen LogP) is 4.89. The number of pyridine rings is 1. The van der Waals surface area contributed by atoms with E-state index >= 15 is 0 Å². The molecule has 4 rings (SSSR count). The highest BCUT2D eigenvalue weighted by Gasteiger charge is 2.31. The Kier molecular flexibility index (Phi) is 8.40. The fourth-order valence-corrected chi connectivity index (χ4v) is 5.75. The first-order valence-electron chi connectivity index (χ1n) is 12.0. The van der Waals surface area contributed by atoms with Gasteiger partial charge in [-0.05, 0) is 91.4 Å². The van der Waals surface area contributed by atoms with Crippen LogP contribution in [0.2, 0.25) is 0 Å². The quantitative estimate of drug-likeness (QED) is 0.436. The van der Waals surface area contributed by atoms with Crippen LogP contribution in [0.5, 0.6) is 5.75 Å². The molecular formula is C28H32N2O4S. The molecule has 0 bridgehead atoms. The summed E-state index contributed by atoms with van der Waals surface area (Å²) in [5, 5.41) is 23.5. The maximum atomic E-state index is 11.6. The predicted molar refractivity (Wildman–Crippen MR) is 139 cm³/mol. The number of likely N-dealkylation sites (tertiary alicyclic amines) is 1. The van der Waals surface area contributed by atoms with Gasteiger partial charge in [0.25, 0.3) is 0 Å². The number of aryl methyl sites for hydroxylation is 1. The van der Waals surface area contributed by atoms with E-state index in [2.05, 4.69) is 34.7 Å². The van der Waals surface area contributed by atoms with E-state index < -0.39 is 12.1 Å². The number of benzene rings is 1. The molecule has 1 fully saturated rings. The molecule has 35 heavy (non-hydrogen) atoms. The van der Waals surface area contributed by atoms with E-state index in [0.29, 0.717) is 13.0 Å². The number of thiophene rings is 1. The molecule has 1 aromatic carbocycles. The van der Waals surface area contributed by atoms with Crippen LogP contribution in [0.15, 0.2) is 41.9 Å². The van der Waals surface area contributed by atoms with Gasteiger partial charge < -0.3 is 14.9 Å². The first kappa shape index (κ1) is 25.2. The zero-order valence-electron chi connectivity index (χ0n) is 20.2. The number of methoxy groups -OCH3 is 1. The van der Waals surface area contributed by atoms with Gasteiger partial charge in [-0.1, -0.05) is 11.8 Å². The Labute approximate surface area is 210 Å². The lowest BCUT2D eigenvalue weighted by Gasteiger charge is -2.37. The number of hydrogen-bond donors (Lipinski definition) is 2. The topological polar surface area (TPSA) is 82.9 Å². The van der Waals surface area contributed by atoms with Crippen LogP contribution >= 0.6 is 11.3 Å². The lowest BCUT2D eigenvalue weighted by Crippen LogP contribution is -2.41. The second-order valence-electron chi connectivity index (χ2n) is 9.25. The van der Waals surface area contributed by atoms with Gasteiger partial charge in [0.15, 0.2) is 0 Å². The summed E-state index contributed by atoms with van der Waals surface area (Å²) >= 11 is 1.65. The lowest BCUT2D eigenvalue weighted by atomic mass is 9.79. The van der Waals surface area contributed by atoms with Crippen molar-refractivity contribution in [3.63, 3.8) is 0 Å². The monoisotopic (exact) mass is 492 g/mol. The average Bonchev–Trinajstić information content (AvgIpc) is 3.26. The van der Waals surface area contributed by atoms with Crippen LogP contribution in [0.1, 0.15) is 47.8 Å². The number of carboxylic acids is 1. The Morgan fingerprint density at radius 1 is 1.31 bits per heavy atom. The number of aliphatic hydroxyl groups is 1. The molecule has 1 saturated heterocycles. The zero-order valence-corrected chi connectivity index (χ0v) is 21.1. The number of ether oxygens (including phenoxy) is 1. The number of piperidine rings is 1. The number of carboxylic acid groups (broad SMARTS) is 1. The van der Waals surface area contributed by atoms with Crippen molar-refractivity contribution in [3.05, 3.63) is 57.9 Å². The van der Waals surface area contributed by atoms with Gasteiger partial charge in [0.05, 0.1) is 30.2 Å². The van der Waals surface area contributed by atoms with Crippen LogP contribution in [-0.4, -0.2) is 52.8 Å². The van der Waals surface area contributed by atoms with Gasteiger partial charge in [0.1, 0.15) is 5.75 Å². The number of aromatic nitrogens is 1. The highest BCUT2D eigenvalue weighted by Crippen LogP contribution is 2.34. The molecule has 0 unspecified atom stereocenters. The number of aliphatic hydroxyl groups excluding tert-OH is 1. The SMILES string of the molecule is COc1ccc2nccc([C@H](O)CC[C@@H]3CCN(CC#Cc4sccc4C)C[C@@H]3CC(=O)O)c2c1. The summed E-state index contributed by atoms with van der Waals surface area (Å²) in [4.78, 5) is 19.3. The molecule has 1 aliphatic rings. The second-order valence-corrected chi connectivity index (χ2v) is 10.2. The Bertz CT molecular complexity index is 1230. The molecule has 3 heterocycles. The number of fused-ring (bicyclic) bond motifs is 1. The molecule has 0 spiro atoms. The Morgan fingerprint density at radius 2 is 2.17 bits per heavy atom. The molecule has 3 aromatic rings. The highest BCUT2D eigenvalue weighted by atomic mass is 32.1. The lowest BCUT2D eigenvalue weighted by molar-refractivity contribution is -0.139. The molecule has 184 valence electrons. The summed E-state index contributed by atoms with van der Waals surface area (Å²) in [6.07, 6.45) is 3.49. The smallest absolute Gasteiger partial charge is 0.303 e. The highest BCUT2D eigenvalue weighted by molar-refractivity contribution is 7.10. The molecule has 3 atom stereocenters. The third-order valence-electron chi connectivity index (χ3n) is 6.93. The van der Waals surface area contributed by atoms with Gasteiger partial charge >= 0.3 is 5.97 Å². The van der Waals surface area contributed by atoms with E-state index in [1.54, 1.807) is 24.6 Å². The molecule has 2 N–H and O–H groups in total. The molecular weight excluding hydrogens is 460 g/mol. The van der Waals surface area contributed by atoms with Crippen molar-refractivity contribution < 1.29 is 19.7 Å². The standard InChI is InChI=1S/C28H32N2O4S/c1-19-11-15-35-27(19)4-3-13-30-14-10-20(21(18-30)16-28(32)33)5-8-26(31)23-9-12-29-25-7-6-22(34-2)17-24(23)25/h6-7,9,11-12,15,17,20-21,26,31H,5,8,10,13-14,16,18H2,1-2H3,(H,32,33)/t20-,21+,26-/m1/s1. The number of hydrogen-bond acceptors (Lipinski definition) is 6. The molecule has 6 nitrogen and oxygen atoms in total. The van der Waals surface area contributed by atoms with Crippen LogP contribution in [0.4, 0.5) is 0 Å². The number of carbonyl (C=O) groups is 1. The van der Waals surface area contributed by atoms with Crippen molar-refractivity contribution in [2.45, 2.75) is 38.7 Å². The number of aliphatic carboxylic acids is 1. The Hall–Kier alpha value is -2.92. The van der Waals surface area contributed by atoms with E-state index in [4.69, 9.17) is 4.74 Å². The van der Waals surface area contributed by atoms with Crippen LogP contribution in [0.25, 0.3) is 10.9 Å². The zero-order chi connectivity index (χ0) is 24.8. The van der Waals surface area contributed by atoms with Gasteiger partial charge in [0, 0.05) is 24.5 Å². The third kappa shape index (κ3) is 6.40. The summed E-state index contributed by atoms with van der Waals surface area (Å²) < 4.78 is 5.35. The van der Waals surface area contributed by atoms with Crippen LogP contribution in [-0.2, 0) is 4.79 Å². The van der Waals surface area contributed by atoms with Gasteiger partial charge in [0.2, 0.25) is 0 Å². The minimum absolute atomic E-state index is 0.0491.